The standard InChI is InChI=1S/C16H21F3O/c1-12-6-8-15(20-2,9-7-12)11-13-4-3-5-14(10-13)16(17,18)19/h3-5,10,12H,6-9,11H2,1-2H3. The molecule has 0 bridgehead atoms. The van der Waals surface area contributed by atoms with Crippen LogP contribution in [-0.2, 0) is 17.3 Å². The van der Waals surface area contributed by atoms with Gasteiger partial charge >= 0.3 is 6.18 Å². The van der Waals surface area contributed by atoms with E-state index in [1.54, 1.807) is 13.2 Å². The Hall–Kier alpha value is -1.03. The van der Waals surface area contributed by atoms with Crippen LogP contribution in [0.3, 0.4) is 0 Å². The molecule has 1 aromatic rings. The van der Waals surface area contributed by atoms with Crippen LogP contribution in [0.4, 0.5) is 13.2 Å². The molecule has 20 heavy (non-hydrogen) atoms. The fraction of sp³-hybridized carbons (Fsp3) is 0.625. The Morgan fingerprint density at radius 3 is 2.45 bits per heavy atom. The van der Waals surface area contributed by atoms with Crippen molar-refractivity contribution in [1.29, 1.82) is 0 Å². The predicted octanol–water partition coefficient (Wildman–Crippen LogP) is 4.84. The molecule has 0 saturated heterocycles. The number of hydrogen-bond donors (Lipinski definition) is 0. The quantitative estimate of drug-likeness (QED) is 0.772. The summed E-state index contributed by atoms with van der Waals surface area (Å²) in [6, 6.07) is 5.60. The van der Waals surface area contributed by atoms with E-state index in [0.717, 1.165) is 31.7 Å². The van der Waals surface area contributed by atoms with E-state index in [1.807, 2.05) is 0 Å². The Balaban J connectivity index is 2.16. The van der Waals surface area contributed by atoms with Gasteiger partial charge in [0.2, 0.25) is 0 Å². The van der Waals surface area contributed by atoms with Crippen molar-refractivity contribution in [3.05, 3.63) is 35.4 Å². The van der Waals surface area contributed by atoms with Crippen molar-refractivity contribution in [2.75, 3.05) is 7.11 Å². The van der Waals surface area contributed by atoms with Crippen molar-refractivity contribution in [3.63, 3.8) is 0 Å². The smallest absolute Gasteiger partial charge is 0.378 e. The molecule has 0 unspecified atom stereocenters. The van der Waals surface area contributed by atoms with E-state index in [-0.39, 0.29) is 5.60 Å². The van der Waals surface area contributed by atoms with E-state index in [0.29, 0.717) is 17.9 Å². The van der Waals surface area contributed by atoms with Crippen molar-refractivity contribution < 1.29 is 17.9 Å². The van der Waals surface area contributed by atoms with E-state index in [2.05, 4.69) is 6.92 Å². The second-order valence-corrected chi connectivity index (χ2v) is 5.94. The molecular weight excluding hydrogens is 265 g/mol. The minimum atomic E-state index is -4.28. The molecule has 0 radical (unpaired) electrons. The van der Waals surface area contributed by atoms with Crippen molar-refractivity contribution >= 4 is 0 Å². The monoisotopic (exact) mass is 286 g/mol. The highest BCUT2D eigenvalue weighted by atomic mass is 19.4. The Bertz CT molecular complexity index is 445. The maximum Gasteiger partial charge on any atom is 0.416 e. The van der Waals surface area contributed by atoms with Gasteiger partial charge in [-0.15, -0.1) is 0 Å². The zero-order valence-electron chi connectivity index (χ0n) is 12.0. The lowest BCUT2D eigenvalue weighted by molar-refractivity contribution is -0.137. The van der Waals surface area contributed by atoms with Gasteiger partial charge < -0.3 is 4.74 Å². The van der Waals surface area contributed by atoms with Crippen LogP contribution < -0.4 is 0 Å². The highest BCUT2D eigenvalue weighted by Gasteiger charge is 2.35. The van der Waals surface area contributed by atoms with E-state index >= 15 is 0 Å². The molecule has 1 nitrogen and oxygen atoms in total. The Labute approximate surface area is 118 Å². The summed E-state index contributed by atoms with van der Waals surface area (Å²) in [6.45, 7) is 2.21. The highest BCUT2D eigenvalue weighted by molar-refractivity contribution is 5.27. The average Bonchev–Trinajstić information content (AvgIpc) is 2.41. The van der Waals surface area contributed by atoms with Crippen molar-refractivity contribution in [2.45, 2.75) is 50.8 Å². The molecule has 0 N–H and O–H groups in total. The molecule has 1 aromatic carbocycles. The Morgan fingerprint density at radius 2 is 1.90 bits per heavy atom. The van der Waals surface area contributed by atoms with Gasteiger partial charge in [0.1, 0.15) is 0 Å². The van der Waals surface area contributed by atoms with E-state index < -0.39 is 11.7 Å². The Kier molecular flexibility index (Phi) is 4.43. The zero-order valence-corrected chi connectivity index (χ0v) is 12.0. The summed E-state index contributed by atoms with van der Waals surface area (Å²) in [5, 5.41) is 0. The first kappa shape index (κ1) is 15.4. The maximum absolute atomic E-state index is 12.7. The lowest BCUT2D eigenvalue weighted by atomic mass is 9.76. The maximum atomic E-state index is 12.7. The van der Waals surface area contributed by atoms with Gasteiger partial charge in [-0.1, -0.05) is 25.1 Å². The molecule has 0 aromatic heterocycles. The van der Waals surface area contributed by atoms with Gasteiger partial charge in [0.25, 0.3) is 0 Å². The van der Waals surface area contributed by atoms with Crippen molar-refractivity contribution in [1.82, 2.24) is 0 Å². The zero-order chi connectivity index (χ0) is 14.8. The molecule has 1 fully saturated rings. The van der Waals surface area contributed by atoms with Gasteiger partial charge in [-0.05, 0) is 43.2 Å². The van der Waals surface area contributed by atoms with Crippen LogP contribution in [0.2, 0.25) is 0 Å². The first-order valence-corrected chi connectivity index (χ1v) is 7.06. The summed E-state index contributed by atoms with van der Waals surface area (Å²) in [5.41, 5.74) is -0.168. The molecule has 0 amide bonds. The molecule has 0 spiro atoms. The number of rotatable bonds is 3. The summed E-state index contributed by atoms with van der Waals surface area (Å²) in [5.74, 6) is 0.680. The van der Waals surface area contributed by atoms with Gasteiger partial charge in [0.15, 0.2) is 0 Å². The van der Waals surface area contributed by atoms with Crippen LogP contribution in [-0.4, -0.2) is 12.7 Å². The molecule has 2 rings (SSSR count). The minimum Gasteiger partial charge on any atom is -0.378 e. The largest absolute Gasteiger partial charge is 0.416 e. The third kappa shape index (κ3) is 3.54. The molecule has 0 heterocycles. The summed E-state index contributed by atoms with van der Waals surface area (Å²) in [7, 11) is 1.67. The lowest BCUT2D eigenvalue weighted by Crippen LogP contribution is -2.38. The average molecular weight is 286 g/mol. The van der Waals surface area contributed by atoms with Crippen molar-refractivity contribution in [3.8, 4) is 0 Å². The van der Waals surface area contributed by atoms with Crippen LogP contribution in [0.5, 0.6) is 0 Å². The van der Waals surface area contributed by atoms with Crippen LogP contribution in [0.25, 0.3) is 0 Å². The normalized spacial score (nSPS) is 27.6. The number of alkyl halides is 3. The third-order valence-electron chi connectivity index (χ3n) is 4.40. The second kappa shape index (κ2) is 5.76. The molecule has 112 valence electrons. The fourth-order valence-electron chi connectivity index (χ4n) is 2.97. The summed E-state index contributed by atoms with van der Waals surface area (Å²) in [6.07, 6.45) is 0.263. The van der Waals surface area contributed by atoms with Crippen LogP contribution in [0.15, 0.2) is 24.3 Å². The predicted molar refractivity (Wildman–Crippen MR) is 72.5 cm³/mol. The van der Waals surface area contributed by atoms with Crippen molar-refractivity contribution in [2.24, 2.45) is 5.92 Å². The number of ether oxygens (including phenoxy) is 1. The van der Waals surface area contributed by atoms with Crippen LogP contribution in [0.1, 0.15) is 43.7 Å². The topological polar surface area (TPSA) is 9.23 Å². The van der Waals surface area contributed by atoms with Gasteiger partial charge in [-0.25, -0.2) is 0 Å². The highest BCUT2D eigenvalue weighted by Crippen LogP contribution is 2.37. The molecular formula is C16H21F3O. The van der Waals surface area contributed by atoms with Gasteiger partial charge in [-0.2, -0.15) is 13.2 Å². The van der Waals surface area contributed by atoms with Gasteiger partial charge in [0.05, 0.1) is 11.2 Å². The molecule has 0 atom stereocenters. The summed E-state index contributed by atoms with van der Waals surface area (Å²) in [4.78, 5) is 0. The molecule has 4 heteroatoms. The first-order valence-electron chi connectivity index (χ1n) is 7.06. The molecule has 1 aliphatic rings. The molecule has 1 saturated carbocycles. The number of methoxy groups -OCH3 is 1. The lowest BCUT2D eigenvalue weighted by Gasteiger charge is -2.38. The number of halogens is 3. The van der Waals surface area contributed by atoms with E-state index in [9.17, 15) is 13.2 Å². The van der Waals surface area contributed by atoms with E-state index in [1.165, 1.54) is 12.1 Å². The second-order valence-electron chi connectivity index (χ2n) is 5.94. The first-order chi connectivity index (χ1) is 9.35. The minimum absolute atomic E-state index is 0.295. The van der Waals surface area contributed by atoms with E-state index in [4.69, 9.17) is 4.74 Å². The van der Waals surface area contributed by atoms with Gasteiger partial charge in [-0.3, -0.25) is 0 Å². The SMILES string of the molecule is COC1(Cc2cccc(C(F)(F)F)c2)CCC(C)CC1. The van der Waals surface area contributed by atoms with Crippen LogP contribution in [0, 0.1) is 5.92 Å². The third-order valence-corrected chi connectivity index (χ3v) is 4.40. The number of benzene rings is 1. The fourth-order valence-corrected chi connectivity index (χ4v) is 2.97. The molecule has 1 aliphatic carbocycles. The Morgan fingerprint density at radius 1 is 1.25 bits per heavy atom. The summed E-state index contributed by atoms with van der Waals surface area (Å²) < 4.78 is 43.9. The number of hydrogen-bond acceptors (Lipinski definition) is 1. The molecule has 0 aliphatic heterocycles. The van der Waals surface area contributed by atoms with Gasteiger partial charge in [0, 0.05) is 13.5 Å². The summed E-state index contributed by atoms with van der Waals surface area (Å²) >= 11 is 0. The van der Waals surface area contributed by atoms with Crippen LogP contribution >= 0.6 is 0 Å².